The van der Waals surface area contributed by atoms with Crippen LogP contribution in [0.5, 0.6) is 0 Å². The maximum Gasteiger partial charge on any atom is 0.208 e. The van der Waals surface area contributed by atoms with Crippen LogP contribution in [-0.4, -0.2) is 48.9 Å². The minimum atomic E-state index is -3.17. The number of rotatable bonds is 5. The van der Waals surface area contributed by atoms with Crippen molar-refractivity contribution in [2.45, 2.75) is 32.4 Å². The lowest BCUT2D eigenvalue weighted by atomic mass is 10.1. The van der Waals surface area contributed by atoms with Gasteiger partial charge in [0.1, 0.15) is 11.5 Å². The summed E-state index contributed by atoms with van der Waals surface area (Å²) in [6, 6.07) is 3.82. The molecule has 1 aliphatic rings. The molecule has 0 unspecified atom stereocenters. The highest BCUT2D eigenvalue weighted by Gasteiger charge is 2.23. The molecule has 0 saturated carbocycles. The zero-order chi connectivity index (χ0) is 16.4. The van der Waals surface area contributed by atoms with Crippen LogP contribution in [0, 0.1) is 6.92 Å². The van der Waals surface area contributed by atoms with E-state index in [1.807, 2.05) is 19.1 Å². The lowest BCUT2D eigenvalue weighted by Gasteiger charge is -2.32. The van der Waals surface area contributed by atoms with E-state index in [4.69, 9.17) is 4.42 Å². The molecular weight excluding hydrogens is 316 g/mol. The van der Waals surface area contributed by atoms with Gasteiger partial charge in [-0.3, -0.25) is 10.00 Å². The zero-order valence-corrected chi connectivity index (χ0v) is 14.2. The molecule has 1 atom stereocenters. The fraction of sp³-hybridized carbons (Fsp3) is 0.533. The van der Waals surface area contributed by atoms with E-state index in [0.717, 1.165) is 42.2 Å². The fourth-order valence-electron chi connectivity index (χ4n) is 3.05. The van der Waals surface area contributed by atoms with Crippen molar-refractivity contribution in [3.63, 3.8) is 0 Å². The van der Waals surface area contributed by atoms with Crippen LogP contribution in [0.4, 0.5) is 0 Å². The van der Waals surface area contributed by atoms with Crippen molar-refractivity contribution < 1.29 is 12.8 Å². The lowest BCUT2D eigenvalue weighted by molar-refractivity contribution is 0.195. The van der Waals surface area contributed by atoms with Gasteiger partial charge in [-0.1, -0.05) is 0 Å². The number of aromatic amines is 1. The third-order valence-corrected chi connectivity index (χ3v) is 4.75. The first-order chi connectivity index (χ1) is 10.9. The Morgan fingerprint density at radius 2 is 2.30 bits per heavy atom. The van der Waals surface area contributed by atoms with Gasteiger partial charge in [-0.25, -0.2) is 13.1 Å². The Morgan fingerprint density at radius 1 is 1.48 bits per heavy atom. The first kappa shape index (κ1) is 16.2. The van der Waals surface area contributed by atoms with Crippen molar-refractivity contribution in [2.75, 3.05) is 19.3 Å². The molecule has 0 radical (unpaired) electrons. The largest absolute Gasteiger partial charge is 0.460 e. The normalized spacial score (nSPS) is 20.0. The molecule has 8 heteroatoms. The second-order valence-electron chi connectivity index (χ2n) is 6.14. The van der Waals surface area contributed by atoms with Gasteiger partial charge in [0.2, 0.25) is 10.0 Å². The van der Waals surface area contributed by atoms with Crippen LogP contribution >= 0.6 is 0 Å². The second kappa shape index (κ2) is 6.46. The van der Waals surface area contributed by atoms with Crippen molar-refractivity contribution in [1.29, 1.82) is 0 Å². The number of nitrogens with zero attached hydrogens (tertiary/aromatic N) is 2. The molecule has 0 spiro atoms. The van der Waals surface area contributed by atoms with Crippen molar-refractivity contribution in [3.05, 3.63) is 29.7 Å². The molecule has 1 saturated heterocycles. The number of aryl methyl sites for hydroxylation is 1. The molecule has 1 aliphatic heterocycles. The van der Waals surface area contributed by atoms with Crippen LogP contribution < -0.4 is 4.72 Å². The van der Waals surface area contributed by atoms with E-state index in [1.165, 1.54) is 6.26 Å². The molecule has 1 fully saturated rings. The summed E-state index contributed by atoms with van der Waals surface area (Å²) in [5, 5.41) is 7.12. The highest BCUT2D eigenvalue weighted by atomic mass is 32.2. The highest BCUT2D eigenvalue weighted by Crippen LogP contribution is 2.25. The summed E-state index contributed by atoms with van der Waals surface area (Å²) in [6.07, 6.45) is 4.86. The Morgan fingerprint density at radius 3 is 3.00 bits per heavy atom. The van der Waals surface area contributed by atoms with Crippen LogP contribution in [0.25, 0.3) is 11.5 Å². The van der Waals surface area contributed by atoms with Crippen LogP contribution in [-0.2, 0) is 16.6 Å². The van der Waals surface area contributed by atoms with Gasteiger partial charge in [0.25, 0.3) is 0 Å². The Kier molecular flexibility index (Phi) is 4.56. The maximum atomic E-state index is 11.4. The summed E-state index contributed by atoms with van der Waals surface area (Å²) in [5.74, 6) is 1.63. The topological polar surface area (TPSA) is 91.2 Å². The minimum absolute atomic E-state index is 0.0278. The summed E-state index contributed by atoms with van der Waals surface area (Å²) in [7, 11) is -3.17. The number of aromatic nitrogens is 2. The van der Waals surface area contributed by atoms with Crippen LogP contribution in [0.1, 0.15) is 24.2 Å². The number of piperidine rings is 1. The predicted molar refractivity (Wildman–Crippen MR) is 87.3 cm³/mol. The van der Waals surface area contributed by atoms with Gasteiger partial charge in [-0.15, -0.1) is 0 Å². The van der Waals surface area contributed by atoms with Gasteiger partial charge >= 0.3 is 0 Å². The first-order valence-electron chi connectivity index (χ1n) is 7.69. The van der Waals surface area contributed by atoms with E-state index in [0.29, 0.717) is 13.1 Å². The number of hydrogen-bond donors (Lipinski definition) is 2. The van der Waals surface area contributed by atoms with E-state index in [9.17, 15) is 8.42 Å². The molecule has 0 aromatic carbocycles. The monoisotopic (exact) mass is 338 g/mol. The molecule has 2 N–H and O–H groups in total. The molecule has 3 heterocycles. The summed E-state index contributed by atoms with van der Waals surface area (Å²) < 4.78 is 31.2. The number of hydrogen-bond acceptors (Lipinski definition) is 5. The molecule has 3 rings (SSSR count). The molecule has 126 valence electrons. The molecule has 7 nitrogen and oxygen atoms in total. The standard InChI is InChI=1S/C15H22N4O3S/c1-11-5-6-14(22-11)15-12(8-16-17-15)9-19-7-3-4-13(10-19)18-23(2,20)21/h5-6,8,13,18H,3-4,7,9-10H2,1-2H3,(H,16,17)/t13-/m0/s1. The SMILES string of the molecule is Cc1ccc(-c2[nH]ncc2CN2CCC[C@H](NS(C)(=O)=O)C2)o1. The van der Waals surface area contributed by atoms with Gasteiger partial charge in [0.05, 0.1) is 12.5 Å². The Hall–Kier alpha value is -1.64. The summed E-state index contributed by atoms with van der Waals surface area (Å²) >= 11 is 0. The van der Waals surface area contributed by atoms with E-state index in [2.05, 4.69) is 19.8 Å². The first-order valence-corrected chi connectivity index (χ1v) is 9.58. The fourth-order valence-corrected chi connectivity index (χ4v) is 3.85. The quantitative estimate of drug-likeness (QED) is 0.862. The Labute approximate surface area is 136 Å². The van der Waals surface area contributed by atoms with Crippen LogP contribution in [0.15, 0.2) is 22.7 Å². The van der Waals surface area contributed by atoms with E-state index < -0.39 is 10.0 Å². The lowest BCUT2D eigenvalue weighted by Crippen LogP contribution is -2.46. The zero-order valence-electron chi connectivity index (χ0n) is 13.4. The highest BCUT2D eigenvalue weighted by molar-refractivity contribution is 7.88. The van der Waals surface area contributed by atoms with Gasteiger partial charge < -0.3 is 4.42 Å². The molecule has 2 aromatic heterocycles. The van der Waals surface area contributed by atoms with E-state index in [-0.39, 0.29) is 6.04 Å². The van der Waals surface area contributed by atoms with Crippen molar-refractivity contribution in [1.82, 2.24) is 19.8 Å². The van der Waals surface area contributed by atoms with Crippen molar-refractivity contribution in [2.24, 2.45) is 0 Å². The maximum absolute atomic E-state index is 11.4. The number of nitrogens with one attached hydrogen (secondary N) is 2. The number of H-pyrrole nitrogens is 1. The number of sulfonamides is 1. The van der Waals surface area contributed by atoms with Crippen LogP contribution in [0.3, 0.4) is 0 Å². The molecule has 0 aliphatic carbocycles. The summed E-state index contributed by atoms with van der Waals surface area (Å²) in [5.41, 5.74) is 1.94. The average Bonchev–Trinajstić information content (AvgIpc) is 3.06. The van der Waals surface area contributed by atoms with E-state index in [1.54, 1.807) is 6.20 Å². The van der Waals surface area contributed by atoms with Gasteiger partial charge in [0.15, 0.2) is 5.76 Å². The van der Waals surface area contributed by atoms with Crippen molar-refractivity contribution >= 4 is 10.0 Å². The van der Waals surface area contributed by atoms with Crippen molar-refractivity contribution in [3.8, 4) is 11.5 Å². The van der Waals surface area contributed by atoms with Crippen LogP contribution in [0.2, 0.25) is 0 Å². The number of furan rings is 1. The predicted octanol–water partition coefficient (Wildman–Crippen LogP) is 1.49. The van der Waals surface area contributed by atoms with Gasteiger partial charge in [0, 0.05) is 24.7 Å². The average molecular weight is 338 g/mol. The third-order valence-electron chi connectivity index (χ3n) is 3.98. The molecule has 23 heavy (non-hydrogen) atoms. The molecule has 0 bridgehead atoms. The Balaban J connectivity index is 1.69. The number of likely N-dealkylation sites (tertiary alicyclic amines) is 1. The van der Waals surface area contributed by atoms with E-state index >= 15 is 0 Å². The minimum Gasteiger partial charge on any atom is -0.460 e. The molecule has 2 aromatic rings. The van der Waals surface area contributed by atoms with Gasteiger partial charge in [-0.2, -0.15) is 5.10 Å². The summed E-state index contributed by atoms with van der Waals surface area (Å²) in [4.78, 5) is 2.25. The third kappa shape index (κ3) is 4.21. The molecular formula is C15H22N4O3S. The van der Waals surface area contributed by atoms with Gasteiger partial charge in [-0.05, 0) is 38.4 Å². The smallest absolute Gasteiger partial charge is 0.208 e. The Bertz CT molecular complexity index is 765. The molecule has 0 amide bonds. The summed E-state index contributed by atoms with van der Waals surface area (Å²) in [6.45, 7) is 4.28. The second-order valence-corrected chi connectivity index (χ2v) is 7.92.